The molecule has 1 fully saturated rings. The second-order valence-corrected chi connectivity index (χ2v) is 11.9. The number of piperazine rings is 1. The molecule has 39 heavy (non-hydrogen) atoms. The molecular formula is C25H30N8O5S. The van der Waals surface area contributed by atoms with E-state index in [2.05, 4.69) is 20.6 Å². The predicted octanol–water partition coefficient (Wildman–Crippen LogP) is 0.876. The summed E-state index contributed by atoms with van der Waals surface area (Å²) in [5, 5.41) is 15.0. The zero-order valence-electron chi connectivity index (χ0n) is 21.8. The molecule has 0 saturated carbocycles. The van der Waals surface area contributed by atoms with Crippen LogP contribution < -0.4 is 15.5 Å². The highest BCUT2D eigenvalue weighted by molar-refractivity contribution is 7.90. The smallest absolute Gasteiger partial charge is 0.328 e. The van der Waals surface area contributed by atoms with Crippen LogP contribution in [0.25, 0.3) is 0 Å². The van der Waals surface area contributed by atoms with Gasteiger partial charge in [0.25, 0.3) is 0 Å². The first-order chi connectivity index (χ1) is 18.6. The Labute approximate surface area is 226 Å². The molecular weight excluding hydrogens is 524 g/mol. The summed E-state index contributed by atoms with van der Waals surface area (Å²) >= 11 is 0. The number of hydrogen-bond donors (Lipinski definition) is 2. The minimum Gasteiger partial charge on any atom is -0.383 e. The fraction of sp³-hybridized carbons (Fsp3) is 0.440. The number of pyridine rings is 2. The number of likely N-dealkylation sites (N-methyl/N-ethyl adjacent to an activating group) is 1. The van der Waals surface area contributed by atoms with Crippen molar-refractivity contribution in [1.82, 2.24) is 19.8 Å². The van der Waals surface area contributed by atoms with Gasteiger partial charge in [0.15, 0.2) is 6.29 Å². The molecule has 13 nitrogen and oxygen atoms in total. The van der Waals surface area contributed by atoms with Gasteiger partial charge < -0.3 is 10.2 Å². The van der Waals surface area contributed by atoms with Gasteiger partial charge in [-0.1, -0.05) is 0 Å². The van der Waals surface area contributed by atoms with Crippen molar-refractivity contribution in [2.45, 2.75) is 19.4 Å². The third-order valence-corrected chi connectivity index (χ3v) is 7.50. The highest BCUT2D eigenvalue weighted by Gasteiger charge is 2.28. The maximum Gasteiger partial charge on any atom is 0.328 e. The van der Waals surface area contributed by atoms with E-state index >= 15 is 0 Å². The molecule has 0 bridgehead atoms. The summed E-state index contributed by atoms with van der Waals surface area (Å²) in [6.07, 6.45) is 4.38. The molecule has 206 valence electrons. The van der Waals surface area contributed by atoms with Crippen molar-refractivity contribution in [3.05, 3.63) is 40.7 Å². The molecule has 2 aliphatic heterocycles. The van der Waals surface area contributed by atoms with E-state index in [-0.39, 0.29) is 41.8 Å². The number of carbonyl (C=O) groups is 3. The van der Waals surface area contributed by atoms with Gasteiger partial charge in [-0.2, -0.15) is 5.26 Å². The molecule has 2 N–H and O–H groups in total. The van der Waals surface area contributed by atoms with Crippen LogP contribution >= 0.6 is 0 Å². The highest BCUT2D eigenvalue weighted by atomic mass is 32.2. The molecule has 1 saturated heterocycles. The second-order valence-electron chi connectivity index (χ2n) is 9.66. The molecule has 0 radical (unpaired) electrons. The summed E-state index contributed by atoms with van der Waals surface area (Å²) in [4.78, 5) is 51.3. The molecule has 3 amide bonds. The number of nitriles is 1. The van der Waals surface area contributed by atoms with Crippen molar-refractivity contribution in [3.63, 3.8) is 0 Å². The first-order valence-electron chi connectivity index (χ1n) is 12.4. The highest BCUT2D eigenvalue weighted by Crippen LogP contribution is 2.29. The number of amides is 3. The number of sulfone groups is 1. The van der Waals surface area contributed by atoms with Crippen molar-refractivity contribution in [1.29, 1.82) is 5.26 Å². The molecule has 4 heterocycles. The van der Waals surface area contributed by atoms with Crippen LogP contribution in [0.4, 0.5) is 22.1 Å². The maximum atomic E-state index is 13.2. The molecule has 0 atom stereocenters. The van der Waals surface area contributed by atoms with E-state index in [0.29, 0.717) is 55.8 Å². The number of fused-ring (bicyclic) bond motifs is 1. The average molecular weight is 555 g/mol. The SMILES string of the molecule is CN1CCN(Cc2cc3c(nc2C=O)N(C(=O)Nc2cc(NCCS(C)(=O)=O)c(C#N)cn2)CCC3)C(=O)C1. The summed E-state index contributed by atoms with van der Waals surface area (Å²) in [5.41, 5.74) is 2.16. The second kappa shape index (κ2) is 11.7. The van der Waals surface area contributed by atoms with Crippen molar-refractivity contribution in [2.24, 2.45) is 0 Å². The van der Waals surface area contributed by atoms with Gasteiger partial charge in [0.2, 0.25) is 5.91 Å². The largest absolute Gasteiger partial charge is 0.383 e. The lowest BCUT2D eigenvalue weighted by Crippen LogP contribution is -2.48. The number of aryl methyl sites for hydroxylation is 1. The molecule has 2 aliphatic rings. The lowest BCUT2D eigenvalue weighted by molar-refractivity contribution is -0.136. The van der Waals surface area contributed by atoms with Gasteiger partial charge >= 0.3 is 6.03 Å². The number of nitrogens with zero attached hydrogens (tertiary/aromatic N) is 6. The van der Waals surface area contributed by atoms with Crippen molar-refractivity contribution in [2.75, 3.05) is 67.3 Å². The van der Waals surface area contributed by atoms with E-state index in [0.717, 1.165) is 18.4 Å². The van der Waals surface area contributed by atoms with Crippen molar-refractivity contribution in [3.8, 4) is 6.07 Å². The van der Waals surface area contributed by atoms with E-state index in [1.807, 2.05) is 24.1 Å². The predicted molar refractivity (Wildman–Crippen MR) is 144 cm³/mol. The van der Waals surface area contributed by atoms with Crippen LogP contribution in [0.2, 0.25) is 0 Å². The summed E-state index contributed by atoms with van der Waals surface area (Å²) in [6, 6.07) is 4.78. The van der Waals surface area contributed by atoms with Gasteiger partial charge in [0.05, 0.1) is 23.5 Å². The summed E-state index contributed by atoms with van der Waals surface area (Å²) in [7, 11) is -1.31. The van der Waals surface area contributed by atoms with Crippen LogP contribution in [0.5, 0.6) is 0 Å². The molecule has 0 unspecified atom stereocenters. The number of anilines is 3. The Bertz CT molecular complexity index is 1440. The minimum absolute atomic E-state index is 0.0144. The molecule has 0 spiro atoms. The van der Waals surface area contributed by atoms with Crippen LogP contribution in [-0.2, 0) is 27.6 Å². The fourth-order valence-corrected chi connectivity index (χ4v) is 4.96. The number of urea groups is 1. The van der Waals surface area contributed by atoms with E-state index < -0.39 is 15.9 Å². The summed E-state index contributed by atoms with van der Waals surface area (Å²) < 4.78 is 22.9. The molecule has 0 aromatic carbocycles. The van der Waals surface area contributed by atoms with Crippen LogP contribution in [-0.4, -0.2) is 98.2 Å². The van der Waals surface area contributed by atoms with E-state index in [9.17, 15) is 28.1 Å². The molecule has 4 rings (SSSR count). The Morgan fingerprint density at radius 2 is 2.05 bits per heavy atom. The van der Waals surface area contributed by atoms with E-state index in [1.54, 1.807) is 4.90 Å². The molecule has 2 aromatic rings. The van der Waals surface area contributed by atoms with Gasteiger partial charge in [-0.25, -0.2) is 23.2 Å². The standard InChI is InChI=1S/C25H30N8O5S/c1-31-7-8-32(23(35)15-31)14-18-10-17-4-3-6-33(24(17)29-21(18)16-34)25(36)30-22-11-20(19(12-26)13-28-22)27-5-9-39(2,37)38/h10-11,13,16H,3-9,14-15H2,1-2H3,(H2,27,28,30,36). The van der Waals surface area contributed by atoms with Crippen LogP contribution in [0.1, 0.15) is 33.6 Å². The molecule has 14 heteroatoms. The third-order valence-electron chi connectivity index (χ3n) is 6.55. The van der Waals surface area contributed by atoms with Crippen LogP contribution in [0.15, 0.2) is 18.3 Å². The van der Waals surface area contributed by atoms with Gasteiger partial charge in [0, 0.05) is 56.8 Å². The zero-order chi connectivity index (χ0) is 28.2. The zero-order valence-corrected chi connectivity index (χ0v) is 22.6. The first kappa shape index (κ1) is 27.9. The number of aromatic nitrogens is 2. The van der Waals surface area contributed by atoms with Crippen molar-refractivity contribution >= 4 is 45.4 Å². The average Bonchev–Trinajstić information content (AvgIpc) is 2.89. The van der Waals surface area contributed by atoms with E-state index in [4.69, 9.17) is 0 Å². The van der Waals surface area contributed by atoms with Gasteiger partial charge in [0.1, 0.15) is 33.2 Å². The lowest BCUT2D eigenvalue weighted by atomic mass is 10.0. The lowest BCUT2D eigenvalue weighted by Gasteiger charge is -2.33. The van der Waals surface area contributed by atoms with Crippen LogP contribution in [0, 0.1) is 11.3 Å². The Morgan fingerprint density at radius 1 is 1.26 bits per heavy atom. The molecule has 2 aromatic heterocycles. The van der Waals surface area contributed by atoms with Gasteiger partial charge in [-0.3, -0.25) is 24.7 Å². The van der Waals surface area contributed by atoms with Gasteiger partial charge in [-0.05, 0) is 31.5 Å². The number of rotatable bonds is 8. The normalized spacial score (nSPS) is 15.9. The quantitative estimate of drug-likeness (QED) is 0.447. The maximum absolute atomic E-state index is 13.2. The Morgan fingerprint density at radius 3 is 2.74 bits per heavy atom. The molecule has 0 aliphatic carbocycles. The topological polar surface area (TPSA) is 169 Å². The minimum atomic E-state index is -3.20. The fourth-order valence-electron chi connectivity index (χ4n) is 4.49. The van der Waals surface area contributed by atoms with Crippen molar-refractivity contribution < 1.29 is 22.8 Å². The number of aldehydes is 1. The first-order valence-corrected chi connectivity index (χ1v) is 14.5. The third kappa shape index (κ3) is 6.87. The Balaban J connectivity index is 1.52. The Kier molecular flexibility index (Phi) is 8.41. The number of nitrogens with one attached hydrogen (secondary N) is 2. The summed E-state index contributed by atoms with van der Waals surface area (Å²) in [6.45, 7) is 2.36. The van der Waals surface area contributed by atoms with Gasteiger partial charge in [-0.15, -0.1) is 0 Å². The van der Waals surface area contributed by atoms with E-state index in [1.165, 1.54) is 17.2 Å². The van der Waals surface area contributed by atoms with Crippen LogP contribution in [0.3, 0.4) is 0 Å². The summed E-state index contributed by atoms with van der Waals surface area (Å²) in [5.74, 6) is 0.393. The number of carbonyl (C=O) groups excluding carboxylic acids is 3. The monoisotopic (exact) mass is 554 g/mol. The number of hydrogen-bond acceptors (Lipinski definition) is 10. The Hall–Kier alpha value is -4.09.